The number of nitrogens with zero attached hydrogens (tertiary/aromatic N) is 2. The maximum Gasteiger partial charge on any atom is 0.244 e. The molecule has 0 bridgehead atoms. The summed E-state index contributed by atoms with van der Waals surface area (Å²) in [4.78, 5) is 27.4. The highest BCUT2D eigenvalue weighted by atomic mass is 35.5. The van der Waals surface area contributed by atoms with Gasteiger partial charge in [-0.3, -0.25) is 13.9 Å². The molecule has 2 aromatic carbocycles. The van der Waals surface area contributed by atoms with Gasteiger partial charge in [-0.05, 0) is 50.1 Å². The van der Waals surface area contributed by atoms with Crippen LogP contribution >= 0.6 is 11.6 Å². The molecule has 33 heavy (non-hydrogen) atoms. The normalized spacial score (nSPS) is 12.1. The summed E-state index contributed by atoms with van der Waals surface area (Å²) in [7, 11) is -2.38. The second kappa shape index (κ2) is 11.4. The van der Waals surface area contributed by atoms with E-state index >= 15 is 0 Å². The molecule has 180 valence electrons. The Labute approximate surface area is 200 Å². The van der Waals surface area contributed by atoms with Crippen LogP contribution in [0.4, 0.5) is 5.69 Å². The van der Waals surface area contributed by atoms with Crippen molar-refractivity contribution >= 4 is 39.1 Å². The van der Waals surface area contributed by atoms with Crippen LogP contribution in [0.3, 0.4) is 0 Å². The van der Waals surface area contributed by atoms with Crippen LogP contribution in [0.25, 0.3) is 0 Å². The van der Waals surface area contributed by atoms with Gasteiger partial charge in [0, 0.05) is 13.1 Å². The molecule has 2 rings (SSSR count). The summed E-state index contributed by atoms with van der Waals surface area (Å²) in [6.45, 7) is 5.40. The van der Waals surface area contributed by atoms with Gasteiger partial charge in [-0.15, -0.1) is 0 Å². The maximum absolute atomic E-state index is 13.4. The molecule has 0 spiro atoms. The zero-order valence-corrected chi connectivity index (χ0v) is 21.0. The zero-order chi connectivity index (χ0) is 24.8. The summed E-state index contributed by atoms with van der Waals surface area (Å²) in [5, 5.41) is 2.93. The molecular weight excluding hydrogens is 466 g/mol. The predicted molar refractivity (Wildman–Crippen MR) is 130 cm³/mol. The fourth-order valence-corrected chi connectivity index (χ4v) is 4.39. The molecule has 0 saturated heterocycles. The molecule has 10 heteroatoms. The van der Waals surface area contributed by atoms with Crippen molar-refractivity contribution in [3.05, 3.63) is 58.6 Å². The van der Waals surface area contributed by atoms with Gasteiger partial charge in [0.15, 0.2) is 0 Å². The Hall–Kier alpha value is -2.78. The number of hydrogen-bond donors (Lipinski definition) is 1. The molecule has 8 nitrogen and oxygen atoms in total. The van der Waals surface area contributed by atoms with Crippen LogP contribution in [0.15, 0.2) is 42.5 Å². The minimum Gasteiger partial charge on any atom is -0.495 e. The summed E-state index contributed by atoms with van der Waals surface area (Å²) < 4.78 is 31.2. The summed E-state index contributed by atoms with van der Waals surface area (Å²) >= 11 is 6.18. The Morgan fingerprint density at radius 3 is 2.39 bits per heavy atom. The van der Waals surface area contributed by atoms with Gasteiger partial charge >= 0.3 is 0 Å². The molecule has 0 unspecified atom stereocenters. The molecule has 0 saturated carbocycles. The molecule has 2 amide bonds. The average Bonchev–Trinajstić information content (AvgIpc) is 2.75. The van der Waals surface area contributed by atoms with Crippen molar-refractivity contribution in [1.82, 2.24) is 10.2 Å². The van der Waals surface area contributed by atoms with Crippen LogP contribution in [-0.4, -0.2) is 57.6 Å². The maximum atomic E-state index is 13.4. The summed E-state index contributed by atoms with van der Waals surface area (Å²) in [5.41, 5.74) is 2.04. The summed E-state index contributed by atoms with van der Waals surface area (Å²) in [6.07, 6.45) is 1.01. The van der Waals surface area contributed by atoms with Crippen LogP contribution in [0.5, 0.6) is 5.75 Å². The molecule has 0 aromatic heterocycles. The number of anilines is 1. The Morgan fingerprint density at radius 2 is 1.85 bits per heavy atom. The number of carbonyl (C=O) groups excluding carboxylic acids is 2. The van der Waals surface area contributed by atoms with Gasteiger partial charge in [-0.1, -0.05) is 35.9 Å². The van der Waals surface area contributed by atoms with E-state index in [-0.39, 0.29) is 23.2 Å². The number of hydrogen-bond acceptors (Lipinski definition) is 5. The molecule has 0 aliphatic rings. The number of benzene rings is 2. The SMILES string of the molecule is CCNC(=O)[C@H](C)N(Cc1ccccc1C)C(=O)CN(c1ccc(OC)c(Cl)c1)S(C)(=O)=O. The molecule has 0 fully saturated rings. The van der Waals surface area contributed by atoms with E-state index in [4.69, 9.17) is 16.3 Å². The lowest BCUT2D eigenvalue weighted by Gasteiger charge is -2.31. The molecular formula is C23H30ClN3O5S. The van der Waals surface area contributed by atoms with Gasteiger partial charge in [-0.25, -0.2) is 8.42 Å². The number of methoxy groups -OCH3 is 1. The van der Waals surface area contributed by atoms with Gasteiger partial charge in [0.2, 0.25) is 21.8 Å². The van der Waals surface area contributed by atoms with Crippen molar-refractivity contribution in [3.63, 3.8) is 0 Å². The molecule has 0 aliphatic carbocycles. The monoisotopic (exact) mass is 495 g/mol. The number of ether oxygens (including phenoxy) is 1. The lowest BCUT2D eigenvalue weighted by atomic mass is 10.1. The third kappa shape index (κ3) is 6.85. The lowest BCUT2D eigenvalue weighted by Crippen LogP contribution is -2.51. The summed E-state index contributed by atoms with van der Waals surface area (Å²) in [6, 6.07) is 11.2. The Balaban J connectivity index is 2.42. The topological polar surface area (TPSA) is 96.0 Å². The Kier molecular flexibility index (Phi) is 9.13. The first-order chi connectivity index (χ1) is 15.5. The van der Waals surface area contributed by atoms with Crippen molar-refractivity contribution in [2.24, 2.45) is 0 Å². The minimum atomic E-state index is -3.83. The Morgan fingerprint density at radius 1 is 1.18 bits per heavy atom. The van der Waals surface area contributed by atoms with E-state index in [1.54, 1.807) is 13.8 Å². The highest BCUT2D eigenvalue weighted by molar-refractivity contribution is 7.92. The van der Waals surface area contributed by atoms with Crippen molar-refractivity contribution in [2.45, 2.75) is 33.4 Å². The molecule has 0 heterocycles. The largest absolute Gasteiger partial charge is 0.495 e. The van der Waals surface area contributed by atoms with Crippen molar-refractivity contribution in [1.29, 1.82) is 0 Å². The van der Waals surface area contributed by atoms with Crippen LogP contribution in [0.1, 0.15) is 25.0 Å². The number of nitrogens with one attached hydrogen (secondary N) is 1. The number of aryl methyl sites for hydroxylation is 1. The molecule has 1 atom stereocenters. The van der Waals surface area contributed by atoms with Gasteiger partial charge in [0.25, 0.3) is 0 Å². The number of rotatable bonds is 10. The first kappa shape index (κ1) is 26.5. The third-order valence-corrected chi connectivity index (χ3v) is 6.66. The van der Waals surface area contributed by atoms with E-state index in [2.05, 4.69) is 5.32 Å². The quantitative estimate of drug-likeness (QED) is 0.546. The van der Waals surface area contributed by atoms with Gasteiger partial charge in [-0.2, -0.15) is 0 Å². The fraction of sp³-hybridized carbons (Fsp3) is 0.391. The van der Waals surface area contributed by atoms with E-state index in [1.165, 1.54) is 30.2 Å². The van der Waals surface area contributed by atoms with E-state index in [0.717, 1.165) is 21.7 Å². The van der Waals surface area contributed by atoms with E-state index in [1.807, 2.05) is 31.2 Å². The van der Waals surface area contributed by atoms with Crippen LogP contribution in [0, 0.1) is 6.92 Å². The van der Waals surface area contributed by atoms with Crippen LogP contribution < -0.4 is 14.4 Å². The molecule has 0 aliphatic heterocycles. The molecule has 1 N–H and O–H groups in total. The summed E-state index contributed by atoms with van der Waals surface area (Å²) in [5.74, 6) is -0.460. The molecule has 2 aromatic rings. The number of carbonyl (C=O) groups is 2. The number of amides is 2. The first-order valence-corrected chi connectivity index (χ1v) is 12.6. The van der Waals surface area contributed by atoms with E-state index < -0.39 is 28.5 Å². The van der Waals surface area contributed by atoms with Gasteiger partial charge in [0.1, 0.15) is 18.3 Å². The van der Waals surface area contributed by atoms with E-state index in [0.29, 0.717) is 12.3 Å². The second-order valence-electron chi connectivity index (χ2n) is 7.61. The number of halogens is 1. The number of likely N-dealkylation sites (N-methyl/N-ethyl adjacent to an activating group) is 1. The van der Waals surface area contributed by atoms with Gasteiger partial charge in [0.05, 0.1) is 24.1 Å². The van der Waals surface area contributed by atoms with Crippen molar-refractivity contribution < 1.29 is 22.7 Å². The van der Waals surface area contributed by atoms with Crippen molar-refractivity contribution in [2.75, 3.05) is 30.8 Å². The van der Waals surface area contributed by atoms with Gasteiger partial charge < -0.3 is 15.0 Å². The third-order valence-electron chi connectivity index (χ3n) is 5.22. The smallest absolute Gasteiger partial charge is 0.244 e. The van der Waals surface area contributed by atoms with E-state index in [9.17, 15) is 18.0 Å². The highest BCUT2D eigenvalue weighted by Gasteiger charge is 2.30. The highest BCUT2D eigenvalue weighted by Crippen LogP contribution is 2.30. The predicted octanol–water partition coefficient (Wildman–Crippen LogP) is 2.98. The Bertz CT molecular complexity index is 1110. The molecule has 0 radical (unpaired) electrons. The number of sulfonamides is 1. The standard InChI is InChI=1S/C23H30ClN3O5S/c1-6-25-23(29)17(3)26(14-18-10-8-7-9-16(18)2)22(28)15-27(33(5,30)31)19-11-12-21(32-4)20(24)13-19/h7-13,17H,6,14-15H2,1-5H3,(H,25,29)/t17-/m0/s1. The van der Waals surface area contributed by atoms with Crippen LogP contribution in [-0.2, 0) is 26.2 Å². The average molecular weight is 496 g/mol. The lowest BCUT2D eigenvalue weighted by molar-refractivity contribution is -0.139. The minimum absolute atomic E-state index is 0.158. The fourth-order valence-electron chi connectivity index (χ4n) is 3.30. The van der Waals surface area contributed by atoms with Crippen LogP contribution in [0.2, 0.25) is 5.02 Å². The second-order valence-corrected chi connectivity index (χ2v) is 9.92. The zero-order valence-electron chi connectivity index (χ0n) is 19.5. The first-order valence-electron chi connectivity index (χ1n) is 10.4. The van der Waals surface area contributed by atoms with Crippen molar-refractivity contribution in [3.8, 4) is 5.75 Å².